The maximum atomic E-state index is 11.7. The van der Waals surface area contributed by atoms with Gasteiger partial charge in [-0.05, 0) is 46.6 Å². The molecule has 1 saturated heterocycles. The van der Waals surface area contributed by atoms with Crippen LogP contribution in [0.15, 0.2) is 0 Å². The van der Waals surface area contributed by atoms with Crippen LogP contribution in [0.1, 0.15) is 40.0 Å². The first-order chi connectivity index (χ1) is 8.80. The molecule has 0 bridgehead atoms. The lowest BCUT2D eigenvalue weighted by molar-refractivity contribution is 0.0150. The summed E-state index contributed by atoms with van der Waals surface area (Å²) in [7, 11) is -1.28. The van der Waals surface area contributed by atoms with Crippen LogP contribution in [-0.2, 0) is 14.8 Å². The molecular formula is C13H28N2O3S. The van der Waals surface area contributed by atoms with Gasteiger partial charge in [-0.3, -0.25) is 0 Å². The lowest BCUT2D eigenvalue weighted by atomic mass is 10.0. The van der Waals surface area contributed by atoms with Gasteiger partial charge in [0.1, 0.15) is 0 Å². The number of nitrogens with one attached hydrogen (secondary N) is 1. The van der Waals surface area contributed by atoms with Crippen molar-refractivity contribution in [3.63, 3.8) is 0 Å². The molecule has 0 aliphatic carbocycles. The molecule has 0 spiro atoms. The smallest absolute Gasteiger partial charge is 0.213 e. The molecule has 0 aromatic carbocycles. The Morgan fingerprint density at radius 3 is 2.37 bits per heavy atom. The van der Waals surface area contributed by atoms with Crippen LogP contribution in [0.3, 0.4) is 0 Å². The van der Waals surface area contributed by atoms with Crippen molar-refractivity contribution in [1.82, 2.24) is 9.62 Å². The minimum Gasteiger partial charge on any atom is -0.379 e. The molecule has 0 aromatic rings. The van der Waals surface area contributed by atoms with Crippen LogP contribution in [-0.4, -0.2) is 56.9 Å². The Morgan fingerprint density at radius 2 is 1.89 bits per heavy atom. The average Bonchev–Trinajstić information content (AvgIpc) is 2.39. The van der Waals surface area contributed by atoms with E-state index in [1.807, 2.05) is 0 Å². The number of rotatable bonds is 7. The van der Waals surface area contributed by atoms with Crippen molar-refractivity contribution in [2.24, 2.45) is 0 Å². The molecule has 0 amide bonds. The Bertz CT molecular complexity index is 360. The number of nitrogens with zero attached hydrogens (tertiary/aromatic N) is 1. The van der Waals surface area contributed by atoms with Crippen LogP contribution in [0.4, 0.5) is 0 Å². The van der Waals surface area contributed by atoms with Crippen LogP contribution in [0.25, 0.3) is 0 Å². The van der Waals surface area contributed by atoms with E-state index in [1.165, 1.54) is 0 Å². The van der Waals surface area contributed by atoms with Crippen molar-refractivity contribution in [2.45, 2.75) is 51.7 Å². The summed E-state index contributed by atoms with van der Waals surface area (Å²) in [6.07, 6.45) is 2.75. The molecule has 0 atom stereocenters. The SMILES string of the molecule is CCS(=O)(=O)N1CCC(NCCC(C)(C)OC)CC1. The zero-order valence-corrected chi connectivity index (χ0v) is 13.4. The fourth-order valence-electron chi connectivity index (χ4n) is 2.20. The van der Waals surface area contributed by atoms with E-state index in [9.17, 15) is 8.42 Å². The van der Waals surface area contributed by atoms with Gasteiger partial charge < -0.3 is 10.1 Å². The molecule has 0 radical (unpaired) electrons. The lowest BCUT2D eigenvalue weighted by Crippen LogP contribution is -2.46. The fraction of sp³-hybridized carbons (Fsp3) is 1.00. The molecule has 1 fully saturated rings. The molecular weight excluding hydrogens is 264 g/mol. The zero-order valence-electron chi connectivity index (χ0n) is 12.6. The number of piperidine rings is 1. The number of methoxy groups -OCH3 is 1. The molecule has 0 unspecified atom stereocenters. The van der Waals surface area contributed by atoms with Crippen molar-refractivity contribution in [3.8, 4) is 0 Å². The van der Waals surface area contributed by atoms with Crippen molar-refractivity contribution < 1.29 is 13.2 Å². The summed E-state index contributed by atoms with van der Waals surface area (Å²) in [4.78, 5) is 0. The summed E-state index contributed by atoms with van der Waals surface area (Å²) in [6.45, 7) is 8.04. The number of sulfonamides is 1. The van der Waals surface area contributed by atoms with Gasteiger partial charge in [-0.1, -0.05) is 0 Å². The second-order valence-corrected chi connectivity index (χ2v) is 8.00. The first-order valence-corrected chi connectivity index (χ1v) is 8.68. The van der Waals surface area contributed by atoms with E-state index in [1.54, 1.807) is 18.3 Å². The summed E-state index contributed by atoms with van der Waals surface area (Å²) in [5.74, 6) is 0.202. The van der Waals surface area contributed by atoms with Crippen LogP contribution < -0.4 is 5.32 Å². The topological polar surface area (TPSA) is 58.6 Å². The van der Waals surface area contributed by atoms with Gasteiger partial charge in [0.25, 0.3) is 0 Å². The average molecular weight is 292 g/mol. The normalized spacial score (nSPS) is 19.8. The highest BCUT2D eigenvalue weighted by molar-refractivity contribution is 7.89. The minimum atomic E-state index is -3.01. The van der Waals surface area contributed by atoms with E-state index in [2.05, 4.69) is 19.2 Å². The third-order valence-corrected chi connectivity index (χ3v) is 5.81. The maximum absolute atomic E-state index is 11.7. The van der Waals surface area contributed by atoms with Crippen molar-refractivity contribution in [2.75, 3.05) is 32.5 Å². The van der Waals surface area contributed by atoms with Crippen LogP contribution >= 0.6 is 0 Å². The minimum absolute atomic E-state index is 0.0980. The van der Waals surface area contributed by atoms with Gasteiger partial charge in [-0.2, -0.15) is 0 Å². The van der Waals surface area contributed by atoms with Crippen molar-refractivity contribution in [3.05, 3.63) is 0 Å². The van der Waals surface area contributed by atoms with E-state index in [-0.39, 0.29) is 11.4 Å². The molecule has 1 N–H and O–H groups in total. The zero-order chi connectivity index (χ0) is 14.5. The van der Waals surface area contributed by atoms with Crippen molar-refractivity contribution in [1.29, 1.82) is 0 Å². The van der Waals surface area contributed by atoms with Gasteiger partial charge >= 0.3 is 0 Å². The first kappa shape index (κ1) is 16.9. The van der Waals surface area contributed by atoms with Gasteiger partial charge in [0.15, 0.2) is 0 Å². The molecule has 1 aliphatic heterocycles. The second-order valence-electron chi connectivity index (χ2n) is 5.74. The fourth-order valence-corrected chi connectivity index (χ4v) is 3.33. The standard InChI is InChI=1S/C13H28N2O3S/c1-5-19(16,17)15-10-6-12(7-11-15)14-9-8-13(2,3)18-4/h12,14H,5-11H2,1-4H3. The molecule has 0 aromatic heterocycles. The second kappa shape index (κ2) is 7.02. The Labute approximate surface area is 117 Å². The molecule has 19 heavy (non-hydrogen) atoms. The summed E-state index contributed by atoms with van der Waals surface area (Å²) < 4.78 is 30.5. The number of hydrogen-bond acceptors (Lipinski definition) is 4. The number of hydrogen-bond donors (Lipinski definition) is 1. The van der Waals surface area contributed by atoms with E-state index < -0.39 is 10.0 Å². The molecule has 1 heterocycles. The molecule has 6 heteroatoms. The van der Waals surface area contributed by atoms with Gasteiger partial charge in [0.05, 0.1) is 11.4 Å². The molecule has 1 aliphatic rings. The Balaban J connectivity index is 2.28. The van der Waals surface area contributed by atoms with Crippen LogP contribution in [0.2, 0.25) is 0 Å². The quantitative estimate of drug-likeness (QED) is 0.766. The van der Waals surface area contributed by atoms with E-state index in [4.69, 9.17) is 4.74 Å². The van der Waals surface area contributed by atoms with Crippen LogP contribution in [0, 0.1) is 0 Å². The Hall–Kier alpha value is -0.170. The van der Waals surface area contributed by atoms with Gasteiger partial charge in [0.2, 0.25) is 10.0 Å². The monoisotopic (exact) mass is 292 g/mol. The largest absolute Gasteiger partial charge is 0.379 e. The molecule has 5 nitrogen and oxygen atoms in total. The molecule has 114 valence electrons. The van der Waals surface area contributed by atoms with Gasteiger partial charge in [0, 0.05) is 26.2 Å². The Kier molecular flexibility index (Phi) is 6.23. The van der Waals surface area contributed by atoms with E-state index >= 15 is 0 Å². The van der Waals surface area contributed by atoms with Gasteiger partial charge in [-0.25, -0.2) is 12.7 Å². The Morgan fingerprint density at radius 1 is 1.32 bits per heavy atom. The maximum Gasteiger partial charge on any atom is 0.213 e. The summed E-state index contributed by atoms with van der Waals surface area (Å²) in [6, 6.07) is 0.427. The number of ether oxygens (including phenoxy) is 1. The van der Waals surface area contributed by atoms with Gasteiger partial charge in [-0.15, -0.1) is 0 Å². The molecule has 1 rings (SSSR count). The van der Waals surface area contributed by atoms with E-state index in [0.717, 1.165) is 25.8 Å². The van der Waals surface area contributed by atoms with Crippen LogP contribution in [0.5, 0.6) is 0 Å². The highest BCUT2D eigenvalue weighted by Gasteiger charge is 2.26. The third-order valence-electron chi connectivity index (χ3n) is 3.92. The predicted octanol–water partition coefficient (Wildman–Crippen LogP) is 1.21. The van der Waals surface area contributed by atoms with Crippen molar-refractivity contribution >= 4 is 10.0 Å². The first-order valence-electron chi connectivity index (χ1n) is 7.07. The third kappa shape index (κ3) is 5.38. The predicted molar refractivity (Wildman–Crippen MR) is 77.8 cm³/mol. The summed E-state index contributed by atoms with van der Waals surface area (Å²) >= 11 is 0. The molecule has 0 saturated carbocycles. The highest BCUT2D eigenvalue weighted by Crippen LogP contribution is 2.16. The highest BCUT2D eigenvalue weighted by atomic mass is 32.2. The summed E-state index contributed by atoms with van der Waals surface area (Å²) in [5, 5.41) is 3.50. The summed E-state index contributed by atoms with van der Waals surface area (Å²) in [5.41, 5.74) is -0.0980. The lowest BCUT2D eigenvalue weighted by Gasteiger charge is -2.32. The van der Waals surface area contributed by atoms with E-state index in [0.29, 0.717) is 19.1 Å².